The number of aromatic nitrogens is 2. The second kappa shape index (κ2) is 5.05. The maximum atomic E-state index is 13.3. The lowest BCUT2D eigenvalue weighted by Gasteiger charge is -2.10. The van der Waals surface area contributed by atoms with E-state index in [0.29, 0.717) is 33.9 Å². The normalized spacial score (nSPS) is 10.9. The second-order valence-electron chi connectivity index (χ2n) is 4.41. The van der Waals surface area contributed by atoms with Gasteiger partial charge >= 0.3 is 0 Å². The van der Waals surface area contributed by atoms with Crippen LogP contribution in [0.5, 0.6) is 11.5 Å². The van der Waals surface area contributed by atoms with Crippen molar-refractivity contribution >= 4 is 11.0 Å². The molecule has 0 saturated carbocycles. The minimum atomic E-state index is -0.932. The smallest absolute Gasteiger partial charge is 0.171 e. The summed E-state index contributed by atoms with van der Waals surface area (Å²) in [6.07, 6.45) is 0. The number of hydrogen-bond acceptors (Lipinski definition) is 3. The van der Waals surface area contributed by atoms with Gasteiger partial charge in [-0.25, -0.2) is 13.8 Å². The van der Waals surface area contributed by atoms with Crippen molar-refractivity contribution < 1.29 is 18.3 Å². The zero-order valence-electron chi connectivity index (χ0n) is 11.4. The molecule has 0 amide bonds. The van der Waals surface area contributed by atoms with Gasteiger partial charge < -0.3 is 14.5 Å². The van der Waals surface area contributed by atoms with Crippen LogP contribution in [0.3, 0.4) is 0 Å². The molecule has 4 nitrogen and oxygen atoms in total. The molecule has 3 aromatic rings. The van der Waals surface area contributed by atoms with E-state index in [1.807, 2.05) is 0 Å². The number of para-hydroxylation sites is 1. The lowest BCUT2D eigenvalue weighted by molar-refractivity contribution is 0.356. The van der Waals surface area contributed by atoms with Crippen LogP contribution >= 0.6 is 0 Å². The van der Waals surface area contributed by atoms with E-state index < -0.39 is 11.6 Å². The first-order chi connectivity index (χ1) is 10.1. The molecule has 0 bridgehead atoms. The van der Waals surface area contributed by atoms with Gasteiger partial charge in [0.05, 0.1) is 30.8 Å². The molecule has 2 aromatic carbocycles. The molecule has 0 aliphatic heterocycles. The van der Waals surface area contributed by atoms with Crippen LogP contribution in [0.2, 0.25) is 0 Å². The first-order valence-electron chi connectivity index (χ1n) is 6.20. The van der Waals surface area contributed by atoms with Crippen LogP contribution in [0.25, 0.3) is 22.4 Å². The van der Waals surface area contributed by atoms with Crippen molar-refractivity contribution in [2.75, 3.05) is 14.2 Å². The number of imidazole rings is 1. The Morgan fingerprint density at radius 2 is 1.81 bits per heavy atom. The van der Waals surface area contributed by atoms with Crippen LogP contribution in [-0.4, -0.2) is 24.2 Å². The van der Waals surface area contributed by atoms with Crippen LogP contribution in [0, 0.1) is 11.6 Å². The lowest BCUT2D eigenvalue weighted by atomic mass is 10.1. The number of hydrogen-bond donors (Lipinski definition) is 1. The molecule has 108 valence electrons. The lowest BCUT2D eigenvalue weighted by Crippen LogP contribution is -1.93. The van der Waals surface area contributed by atoms with Crippen molar-refractivity contribution in [3.05, 3.63) is 42.0 Å². The number of methoxy groups -OCH3 is 2. The highest BCUT2D eigenvalue weighted by atomic mass is 19.2. The Kier molecular flexibility index (Phi) is 3.21. The molecule has 0 aliphatic rings. The number of H-pyrrole nitrogens is 1. The summed E-state index contributed by atoms with van der Waals surface area (Å²) in [5.74, 6) is -0.355. The third kappa shape index (κ3) is 2.18. The summed E-state index contributed by atoms with van der Waals surface area (Å²) < 4.78 is 37.1. The van der Waals surface area contributed by atoms with Crippen LogP contribution in [0.4, 0.5) is 8.78 Å². The van der Waals surface area contributed by atoms with Gasteiger partial charge in [-0.15, -0.1) is 0 Å². The third-order valence-electron chi connectivity index (χ3n) is 3.18. The number of aromatic amines is 1. The number of nitrogens with zero attached hydrogens (tertiary/aromatic N) is 1. The van der Waals surface area contributed by atoms with Crippen molar-refractivity contribution in [3.8, 4) is 22.9 Å². The maximum absolute atomic E-state index is 13.3. The van der Waals surface area contributed by atoms with Crippen LogP contribution in [0.15, 0.2) is 30.3 Å². The molecule has 0 unspecified atom stereocenters. The number of nitrogens with one attached hydrogen (secondary N) is 1. The monoisotopic (exact) mass is 290 g/mol. The van der Waals surface area contributed by atoms with Crippen molar-refractivity contribution in [3.63, 3.8) is 0 Å². The Morgan fingerprint density at radius 3 is 2.52 bits per heavy atom. The van der Waals surface area contributed by atoms with E-state index >= 15 is 0 Å². The van der Waals surface area contributed by atoms with Gasteiger partial charge in [0.25, 0.3) is 0 Å². The van der Waals surface area contributed by atoms with Crippen molar-refractivity contribution in [1.29, 1.82) is 0 Å². The summed E-state index contributed by atoms with van der Waals surface area (Å²) in [6.45, 7) is 0. The number of benzene rings is 2. The maximum Gasteiger partial charge on any atom is 0.171 e. The van der Waals surface area contributed by atoms with E-state index in [1.54, 1.807) is 18.2 Å². The van der Waals surface area contributed by atoms with E-state index in [9.17, 15) is 8.78 Å². The summed E-state index contributed by atoms with van der Waals surface area (Å²) in [4.78, 5) is 7.22. The Hall–Kier alpha value is -2.63. The number of fused-ring (bicyclic) bond motifs is 1. The van der Waals surface area contributed by atoms with Gasteiger partial charge in [0, 0.05) is 12.1 Å². The van der Waals surface area contributed by atoms with Gasteiger partial charge in [0.1, 0.15) is 5.82 Å². The minimum absolute atomic E-state index is 0.341. The summed E-state index contributed by atoms with van der Waals surface area (Å²) in [5, 5.41) is 0. The first kappa shape index (κ1) is 13.4. The predicted octanol–water partition coefficient (Wildman–Crippen LogP) is 3.53. The average Bonchev–Trinajstić information content (AvgIpc) is 2.89. The molecule has 6 heteroatoms. The number of ether oxygens (including phenoxy) is 2. The number of halogens is 2. The molecule has 0 atom stereocenters. The highest BCUT2D eigenvalue weighted by Gasteiger charge is 2.15. The topological polar surface area (TPSA) is 47.1 Å². The summed E-state index contributed by atoms with van der Waals surface area (Å²) >= 11 is 0. The first-order valence-corrected chi connectivity index (χ1v) is 6.20. The van der Waals surface area contributed by atoms with Gasteiger partial charge in [0.15, 0.2) is 23.1 Å². The summed E-state index contributed by atoms with van der Waals surface area (Å²) in [6, 6.07) is 7.45. The van der Waals surface area contributed by atoms with Gasteiger partial charge in [0.2, 0.25) is 0 Å². The third-order valence-corrected chi connectivity index (χ3v) is 3.18. The zero-order valence-corrected chi connectivity index (χ0v) is 11.4. The van der Waals surface area contributed by atoms with E-state index in [4.69, 9.17) is 9.47 Å². The SMILES string of the molecule is COc1cccc(-c2nc3cc(F)c(F)cc3[nH]2)c1OC. The molecule has 1 heterocycles. The molecule has 0 saturated heterocycles. The molecule has 1 aromatic heterocycles. The molecule has 3 rings (SSSR count). The standard InChI is InChI=1S/C15H12F2N2O2/c1-20-13-5-3-4-8(14(13)21-2)15-18-11-6-9(16)10(17)7-12(11)19-15/h3-7H,1-2H3,(H,18,19). The zero-order chi connectivity index (χ0) is 15.0. The Bertz CT molecular complexity index is 776. The summed E-state index contributed by atoms with van der Waals surface area (Å²) in [5.41, 5.74) is 1.40. The number of rotatable bonds is 3. The van der Waals surface area contributed by atoms with Crippen LogP contribution in [-0.2, 0) is 0 Å². The molecule has 0 radical (unpaired) electrons. The van der Waals surface area contributed by atoms with E-state index in [0.717, 1.165) is 12.1 Å². The van der Waals surface area contributed by atoms with Crippen LogP contribution in [0.1, 0.15) is 0 Å². The molecule has 21 heavy (non-hydrogen) atoms. The average molecular weight is 290 g/mol. The van der Waals surface area contributed by atoms with E-state index in [-0.39, 0.29) is 0 Å². The van der Waals surface area contributed by atoms with Gasteiger partial charge in [-0.2, -0.15) is 0 Å². The largest absolute Gasteiger partial charge is 0.493 e. The Morgan fingerprint density at radius 1 is 1.05 bits per heavy atom. The van der Waals surface area contributed by atoms with Crippen molar-refractivity contribution in [2.45, 2.75) is 0 Å². The second-order valence-corrected chi connectivity index (χ2v) is 4.41. The molecule has 0 fully saturated rings. The van der Waals surface area contributed by atoms with Gasteiger partial charge in [-0.3, -0.25) is 0 Å². The van der Waals surface area contributed by atoms with Gasteiger partial charge in [-0.05, 0) is 12.1 Å². The highest BCUT2D eigenvalue weighted by molar-refractivity contribution is 5.81. The molecular weight excluding hydrogens is 278 g/mol. The summed E-state index contributed by atoms with van der Waals surface area (Å²) in [7, 11) is 3.05. The quantitative estimate of drug-likeness (QED) is 0.802. The van der Waals surface area contributed by atoms with E-state index in [1.165, 1.54) is 14.2 Å². The predicted molar refractivity (Wildman–Crippen MR) is 74.5 cm³/mol. The highest BCUT2D eigenvalue weighted by Crippen LogP contribution is 2.37. The molecular formula is C15H12F2N2O2. The Balaban J connectivity index is 2.21. The van der Waals surface area contributed by atoms with Crippen molar-refractivity contribution in [1.82, 2.24) is 9.97 Å². The van der Waals surface area contributed by atoms with E-state index in [2.05, 4.69) is 9.97 Å². The Labute approximate surface area is 119 Å². The minimum Gasteiger partial charge on any atom is -0.493 e. The molecule has 1 N–H and O–H groups in total. The fraction of sp³-hybridized carbons (Fsp3) is 0.133. The fourth-order valence-corrected chi connectivity index (χ4v) is 2.21. The molecule has 0 spiro atoms. The fourth-order valence-electron chi connectivity index (χ4n) is 2.21. The van der Waals surface area contributed by atoms with Crippen molar-refractivity contribution in [2.24, 2.45) is 0 Å². The van der Waals surface area contributed by atoms with Gasteiger partial charge in [-0.1, -0.05) is 6.07 Å². The van der Waals surface area contributed by atoms with Crippen LogP contribution < -0.4 is 9.47 Å². The molecule has 0 aliphatic carbocycles.